The Balaban J connectivity index is 1.40. The molecule has 3 aromatic rings. The number of nitrogens with two attached hydrogens (primary N) is 1. The van der Waals surface area contributed by atoms with E-state index in [2.05, 4.69) is 22.1 Å². The fourth-order valence-corrected chi connectivity index (χ4v) is 4.92. The number of benzene rings is 1. The van der Waals surface area contributed by atoms with Gasteiger partial charge in [0.1, 0.15) is 23.9 Å². The summed E-state index contributed by atoms with van der Waals surface area (Å²) in [5.41, 5.74) is 7.32. The van der Waals surface area contributed by atoms with Crippen molar-refractivity contribution in [2.75, 3.05) is 12.3 Å². The van der Waals surface area contributed by atoms with Crippen LogP contribution in [0.5, 0.6) is 0 Å². The van der Waals surface area contributed by atoms with Gasteiger partial charge in [0, 0.05) is 11.6 Å². The molecular weight excluding hydrogens is 356 g/mol. The first kappa shape index (κ1) is 17.6. The minimum Gasteiger partial charge on any atom is -0.390 e. The Labute approximate surface area is 162 Å². The van der Waals surface area contributed by atoms with Crippen molar-refractivity contribution in [2.24, 2.45) is 5.41 Å². The van der Waals surface area contributed by atoms with Crippen molar-refractivity contribution < 1.29 is 14.9 Å². The molecule has 28 heavy (non-hydrogen) atoms. The number of hydrogen-bond acceptors (Lipinski definition) is 6. The number of aliphatic hydroxyl groups is 2. The molecule has 5 rings (SSSR count). The molecule has 5 unspecified atom stereocenters. The molecule has 0 amide bonds. The third kappa shape index (κ3) is 2.62. The highest BCUT2D eigenvalue weighted by Crippen LogP contribution is 2.52. The number of nitrogen functional groups attached to an aromatic ring is 1. The largest absolute Gasteiger partial charge is 0.390 e. The molecule has 1 aromatic carbocycles. The summed E-state index contributed by atoms with van der Waals surface area (Å²) in [5.74, 6) is 0.415. The average molecular weight is 380 g/mol. The number of ether oxygens (including phenoxy) is 1. The van der Waals surface area contributed by atoms with Gasteiger partial charge in [0.2, 0.25) is 0 Å². The summed E-state index contributed by atoms with van der Waals surface area (Å²) in [4.78, 5) is 8.36. The second-order valence-electron chi connectivity index (χ2n) is 8.04. The molecule has 1 spiro atoms. The summed E-state index contributed by atoms with van der Waals surface area (Å²) in [5, 5.41) is 22.5. The van der Waals surface area contributed by atoms with Crippen LogP contribution in [0.25, 0.3) is 11.0 Å². The molecule has 146 valence electrons. The van der Waals surface area contributed by atoms with Crippen molar-refractivity contribution in [3.05, 3.63) is 54.5 Å². The molecule has 1 aliphatic heterocycles. The third-order valence-corrected chi connectivity index (χ3v) is 6.51. The van der Waals surface area contributed by atoms with Crippen LogP contribution in [-0.4, -0.2) is 43.6 Å². The number of hydrogen-bond donors (Lipinski definition) is 3. The molecule has 1 aliphatic carbocycles. The van der Waals surface area contributed by atoms with Gasteiger partial charge in [0.25, 0.3) is 0 Å². The van der Waals surface area contributed by atoms with Gasteiger partial charge in [-0.05, 0) is 30.9 Å². The van der Waals surface area contributed by atoms with Crippen LogP contribution in [0.2, 0.25) is 0 Å². The van der Waals surface area contributed by atoms with Gasteiger partial charge in [-0.3, -0.25) is 0 Å². The molecule has 2 fully saturated rings. The Morgan fingerprint density at radius 2 is 1.96 bits per heavy atom. The lowest BCUT2D eigenvalue weighted by atomic mass is 9.77. The molecule has 7 heteroatoms. The second-order valence-corrected chi connectivity index (χ2v) is 8.04. The van der Waals surface area contributed by atoms with E-state index in [0.717, 1.165) is 23.8 Å². The highest BCUT2D eigenvalue weighted by Gasteiger charge is 2.55. The van der Waals surface area contributed by atoms with Gasteiger partial charge in [-0.1, -0.05) is 30.3 Å². The number of nitrogens with zero attached hydrogens (tertiary/aromatic N) is 3. The van der Waals surface area contributed by atoms with Crippen LogP contribution in [-0.2, 0) is 4.74 Å². The maximum absolute atomic E-state index is 10.9. The first-order chi connectivity index (χ1) is 13.6. The van der Waals surface area contributed by atoms with Crippen LogP contribution in [0.3, 0.4) is 0 Å². The molecule has 0 radical (unpaired) electrons. The number of aliphatic hydroxyl groups excluding tert-OH is 2. The van der Waals surface area contributed by atoms with E-state index in [1.807, 2.05) is 35.0 Å². The topological polar surface area (TPSA) is 106 Å². The Morgan fingerprint density at radius 3 is 2.71 bits per heavy atom. The fraction of sp³-hybridized carbons (Fsp3) is 0.429. The molecule has 2 aromatic heterocycles. The van der Waals surface area contributed by atoms with Crippen LogP contribution in [0.1, 0.15) is 37.0 Å². The standard InChI is InChI=1S/C21H24N4O3/c22-19-14-7-9-25(20(14)24-12-23-19)15-10-21(18(27)17(15)26)8-6-16(28-11-21)13-4-2-1-3-5-13/h1-5,7,9,12,15-18,26-27H,6,8,10-11H2,(H2,22,23,24). The summed E-state index contributed by atoms with van der Waals surface area (Å²) in [7, 11) is 0. The van der Waals surface area contributed by atoms with Crippen molar-refractivity contribution in [3.8, 4) is 0 Å². The summed E-state index contributed by atoms with van der Waals surface area (Å²) in [6, 6.07) is 11.7. The normalized spacial score (nSPS) is 32.9. The van der Waals surface area contributed by atoms with Crippen LogP contribution < -0.4 is 5.73 Å². The van der Waals surface area contributed by atoms with Gasteiger partial charge in [0.05, 0.1) is 30.2 Å². The highest BCUT2D eigenvalue weighted by molar-refractivity contribution is 5.86. The molecule has 3 heterocycles. The predicted molar refractivity (Wildman–Crippen MR) is 104 cm³/mol. The molecule has 5 atom stereocenters. The summed E-state index contributed by atoms with van der Waals surface area (Å²) < 4.78 is 8.08. The lowest BCUT2D eigenvalue weighted by molar-refractivity contribution is -0.120. The number of rotatable bonds is 2. The van der Waals surface area contributed by atoms with E-state index in [1.165, 1.54) is 6.33 Å². The smallest absolute Gasteiger partial charge is 0.145 e. The van der Waals surface area contributed by atoms with Crippen molar-refractivity contribution >= 4 is 16.9 Å². The van der Waals surface area contributed by atoms with E-state index >= 15 is 0 Å². The third-order valence-electron chi connectivity index (χ3n) is 6.51. The molecule has 7 nitrogen and oxygen atoms in total. The molecule has 1 saturated heterocycles. The second kappa shape index (κ2) is 6.55. The number of aromatic nitrogens is 3. The molecule has 0 bridgehead atoms. The van der Waals surface area contributed by atoms with Gasteiger partial charge < -0.3 is 25.3 Å². The molecule has 2 aliphatic rings. The lowest BCUT2D eigenvalue weighted by Crippen LogP contribution is -2.42. The summed E-state index contributed by atoms with van der Waals surface area (Å²) in [6.45, 7) is 0.428. The van der Waals surface area contributed by atoms with E-state index in [0.29, 0.717) is 24.5 Å². The Hall–Kier alpha value is -2.48. The lowest BCUT2D eigenvalue weighted by Gasteiger charge is -2.40. The summed E-state index contributed by atoms with van der Waals surface area (Å²) >= 11 is 0. The van der Waals surface area contributed by atoms with Gasteiger partial charge in [-0.2, -0.15) is 0 Å². The van der Waals surface area contributed by atoms with E-state index < -0.39 is 17.6 Å². The van der Waals surface area contributed by atoms with Crippen molar-refractivity contribution in [1.29, 1.82) is 0 Å². The van der Waals surface area contributed by atoms with E-state index in [9.17, 15) is 10.2 Å². The molecular formula is C21H24N4O3. The maximum atomic E-state index is 10.9. The monoisotopic (exact) mass is 380 g/mol. The van der Waals surface area contributed by atoms with Crippen LogP contribution in [0.15, 0.2) is 48.9 Å². The summed E-state index contributed by atoms with van der Waals surface area (Å²) in [6.07, 6.45) is 3.86. The zero-order valence-electron chi connectivity index (χ0n) is 15.5. The predicted octanol–water partition coefficient (Wildman–Crippen LogP) is 2.22. The molecule has 4 N–H and O–H groups in total. The van der Waals surface area contributed by atoms with E-state index in [1.54, 1.807) is 0 Å². The van der Waals surface area contributed by atoms with Crippen LogP contribution in [0.4, 0.5) is 5.82 Å². The minimum atomic E-state index is -0.885. The number of anilines is 1. The average Bonchev–Trinajstić information content (AvgIpc) is 3.26. The van der Waals surface area contributed by atoms with Crippen LogP contribution in [0, 0.1) is 5.41 Å². The first-order valence-corrected chi connectivity index (χ1v) is 9.69. The SMILES string of the molecule is Nc1ncnc2c1ccn2C1CC2(CCC(c3ccccc3)OC2)C(O)C1O. The molecule has 1 saturated carbocycles. The zero-order valence-corrected chi connectivity index (χ0v) is 15.5. The maximum Gasteiger partial charge on any atom is 0.145 e. The van der Waals surface area contributed by atoms with Crippen molar-refractivity contribution in [1.82, 2.24) is 14.5 Å². The van der Waals surface area contributed by atoms with Crippen molar-refractivity contribution in [3.63, 3.8) is 0 Å². The zero-order chi connectivity index (χ0) is 19.3. The Bertz CT molecular complexity index is 982. The highest BCUT2D eigenvalue weighted by atomic mass is 16.5. The fourth-order valence-electron chi connectivity index (χ4n) is 4.92. The van der Waals surface area contributed by atoms with Gasteiger partial charge >= 0.3 is 0 Å². The van der Waals surface area contributed by atoms with E-state index in [-0.39, 0.29) is 12.1 Å². The number of fused-ring (bicyclic) bond motifs is 1. The minimum absolute atomic E-state index is 0.0372. The van der Waals surface area contributed by atoms with Gasteiger partial charge in [0.15, 0.2) is 0 Å². The van der Waals surface area contributed by atoms with E-state index in [4.69, 9.17) is 10.5 Å². The Kier molecular flexibility index (Phi) is 4.12. The van der Waals surface area contributed by atoms with Crippen LogP contribution >= 0.6 is 0 Å². The van der Waals surface area contributed by atoms with Gasteiger partial charge in [-0.15, -0.1) is 0 Å². The quantitative estimate of drug-likeness (QED) is 0.629. The van der Waals surface area contributed by atoms with Crippen molar-refractivity contribution in [2.45, 2.75) is 43.6 Å². The Morgan fingerprint density at radius 1 is 1.14 bits per heavy atom. The first-order valence-electron chi connectivity index (χ1n) is 9.69. The van der Waals surface area contributed by atoms with Gasteiger partial charge in [-0.25, -0.2) is 9.97 Å².